The van der Waals surface area contributed by atoms with E-state index in [4.69, 9.17) is 4.74 Å². The lowest BCUT2D eigenvalue weighted by Gasteiger charge is -2.25. The van der Waals surface area contributed by atoms with Crippen molar-refractivity contribution in [3.8, 4) is 0 Å². The molecule has 0 aliphatic carbocycles. The second-order valence-corrected chi connectivity index (χ2v) is 4.74. The van der Waals surface area contributed by atoms with Crippen LogP contribution in [-0.2, 0) is 4.74 Å². The maximum atomic E-state index is 5.95. The van der Waals surface area contributed by atoms with Crippen LogP contribution in [0.15, 0.2) is 30.3 Å². The monoisotopic (exact) mass is 209 g/mol. The van der Waals surface area contributed by atoms with E-state index in [1.165, 1.54) is 5.56 Å². The maximum Gasteiger partial charge on any atom is 0.119 e. The van der Waals surface area contributed by atoms with Crippen molar-refractivity contribution in [1.29, 1.82) is 0 Å². The van der Waals surface area contributed by atoms with E-state index in [1.54, 1.807) is 0 Å². The van der Waals surface area contributed by atoms with Gasteiger partial charge >= 0.3 is 0 Å². The van der Waals surface area contributed by atoms with Gasteiger partial charge in [0.2, 0.25) is 0 Å². The van der Waals surface area contributed by atoms with E-state index in [1.807, 2.05) is 6.07 Å². The summed E-state index contributed by atoms with van der Waals surface area (Å²) in [6, 6.07) is 10.4. The van der Waals surface area contributed by atoms with Gasteiger partial charge in [0.15, 0.2) is 0 Å². The van der Waals surface area contributed by atoms with Crippen LogP contribution < -0.4 is 0 Å². The SMILES string of the molecule is CC1(C)OC(c2ccccc2)CN1P. The minimum absolute atomic E-state index is 0.175. The average molecular weight is 209 g/mol. The molecule has 1 aromatic carbocycles. The number of hydrogen-bond acceptors (Lipinski definition) is 2. The van der Waals surface area contributed by atoms with Crippen molar-refractivity contribution in [2.75, 3.05) is 6.54 Å². The van der Waals surface area contributed by atoms with E-state index < -0.39 is 0 Å². The van der Waals surface area contributed by atoms with Crippen LogP contribution in [0.4, 0.5) is 0 Å². The molecule has 0 spiro atoms. The van der Waals surface area contributed by atoms with Crippen molar-refractivity contribution in [2.45, 2.75) is 25.7 Å². The smallest absolute Gasteiger partial charge is 0.119 e. The Labute approximate surface area is 87.5 Å². The molecular weight excluding hydrogens is 193 g/mol. The van der Waals surface area contributed by atoms with E-state index in [0.29, 0.717) is 0 Å². The first-order chi connectivity index (χ1) is 6.59. The molecule has 2 rings (SSSR count). The second kappa shape index (κ2) is 3.62. The predicted molar refractivity (Wildman–Crippen MR) is 60.8 cm³/mol. The fourth-order valence-electron chi connectivity index (χ4n) is 1.69. The summed E-state index contributed by atoms with van der Waals surface area (Å²) in [6.45, 7) is 5.10. The highest BCUT2D eigenvalue weighted by Gasteiger charge is 2.37. The Kier molecular flexibility index (Phi) is 2.61. The normalized spacial score (nSPS) is 26.6. The summed E-state index contributed by atoms with van der Waals surface area (Å²) in [7, 11) is 2.72. The molecule has 1 aliphatic rings. The number of hydrogen-bond donors (Lipinski definition) is 0. The highest BCUT2D eigenvalue weighted by molar-refractivity contribution is 7.13. The number of ether oxygens (including phenoxy) is 1. The number of benzene rings is 1. The van der Waals surface area contributed by atoms with Gasteiger partial charge in [-0.2, -0.15) is 0 Å². The molecule has 0 radical (unpaired) electrons. The molecule has 14 heavy (non-hydrogen) atoms. The van der Waals surface area contributed by atoms with E-state index >= 15 is 0 Å². The molecule has 0 amide bonds. The van der Waals surface area contributed by atoms with Crippen LogP contribution in [0.2, 0.25) is 0 Å². The lowest BCUT2D eigenvalue weighted by atomic mass is 10.1. The maximum absolute atomic E-state index is 5.95. The van der Waals surface area contributed by atoms with Crippen LogP contribution in [0.25, 0.3) is 0 Å². The van der Waals surface area contributed by atoms with E-state index in [0.717, 1.165) is 6.54 Å². The molecule has 0 saturated carbocycles. The summed E-state index contributed by atoms with van der Waals surface area (Å²) in [6.07, 6.45) is 0.198. The topological polar surface area (TPSA) is 12.5 Å². The highest BCUT2D eigenvalue weighted by Crippen LogP contribution is 2.37. The van der Waals surface area contributed by atoms with Gasteiger partial charge in [0, 0.05) is 6.54 Å². The Morgan fingerprint density at radius 1 is 1.36 bits per heavy atom. The molecule has 2 atom stereocenters. The molecule has 2 nitrogen and oxygen atoms in total. The molecular formula is C11H16NOP. The van der Waals surface area contributed by atoms with Crippen LogP contribution in [-0.4, -0.2) is 16.9 Å². The molecule has 1 aliphatic heterocycles. The highest BCUT2D eigenvalue weighted by atomic mass is 31.0. The summed E-state index contributed by atoms with van der Waals surface area (Å²) in [4.78, 5) is 0. The molecule has 0 bridgehead atoms. The van der Waals surface area contributed by atoms with E-state index in [9.17, 15) is 0 Å². The first-order valence-electron chi connectivity index (χ1n) is 4.85. The Hall–Kier alpha value is -0.430. The van der Waals surface area contributed by atoms with Crippen molar-refractivity contribution in [2.24, 2.45) is 0 Å². The van der Waals surface area contributed by atoms with Crippen molar-refractivity contribution in [1.82, 2.24) is 4.67 Å². The summed E-state index contributed by atoms with van der Waals surface area (Å²) < 4.78 is 8.11. The van der Waals surface area contributed by atoms with E-state index in [2.05, 4.69) is 52.2 Å². The third-order valence-electron chi connectivity index (χ3n) is 2.66. The van der Waals surface area contributed by atoms with Crippen molar-refractivity contribution in [3.05, 3.63) is 35.9 Å². The zero-order chi connectivity index (χ0) is 10.2. The molecule has 2 unspecified atom stereocenters. The van der Waals surface area contributed by atoms with Gasteiger partial charge in [-0.1, -0.05) is 39.7 Å². The third-order valence-corrected chi connectivity index (χ3v) is 3.49. The zero-order valence-electron chi connectivity index (χ0n) is 8.60. The molecule has 1 heterocycles. The fraction of sp³-hybridized carbons (Fsp3) is 0.455. The van der Waals surface area contributed by atoms with Gasteiger partial charge in [-0.25, -0.2) is 0 Å². The minimum atomic E-state index is -0.175. The van der Waals surface area contributed by atoms with Crippen LogP contribution in [0.3, 0.4) is 0 Å². The Morgan fingerprint density at radius 2 is 2.00 bits per heavy atom. The summed E-state index contributed by atoms with van der Waals surface area (Å²) in [5, 5.41) is 0. The molecule has 1 aromatic rings. The predicted octanol–water partition coefficient (Wildman–Crippen LogP) is 2.59. The lowest BCUT2D eigenvalue weighted by molar-refractivity contribution is -0.0486. The van der Waals surface area contributed by atoms with Gasteiger partial charge in [-0.05, 0) is 19.4 Å². The van der Waals surface area contributed by atoms with Crippen LogP contribution >= 0.6 is 9.39 Å². The second-order valence-electron chi connectivity index (χ2n) is 4.12. The summed E-state index contributed by atoms with van der Waals surface area (Å²) >= 11 is 0. The quantitative estimate of drug-likeness (QED) is 0.659. The van der Waals surface area contributed by atoms with Crippen LogP contribution in [0, 0.1) is 0 Å². The molecule has 0 aromatic heterocycles. The zero-order valence-corrected chi connectivity index (χ0v) is 9.76. The summed E-state index contributed by atoms with van der Waals surface area (Å²) in [5.74, 6) is 0. The van der Waals surface area contributed by atoms with Crippen molar-refractivity contribution < 1.29 is 4.74 Å². The first kappa shape index (κ1) is 10.1. The van der Waals surface area contributed by atoms with Crippen molar-refractivity contribution >= 4 is 9.39 Å². The molecule has 1 saturated heterocycles. The summed E-state index contributed by atoms with van der Waals surface area (Å²) in [5.41, 5.74) is 1.08. The van der Waals surface area contributed by atoms with Crippen LogP contribution in [0.5, 0.6) is 0 Å². The van der Waals surface area contributed by atoms with Crippen molar-refractivity contribution in [3.63, 3.8) is 0 Å². The van der Waals surface area contributed by atoms with Gasteiger partial charge in [-0.3, -0.25) is 4.67 Å². The number of rotatable bonds is 1. The fourth-order valence-corrected chi connectivity index (χ4v) is 1.95. The largest absolute Gasteiger partial charge is 0.351 e. The number of nitrogens with zero attached hydrogens (tertiary/aromatic N) is 1. The molecule has 3 heteroatoms. The van der Waals surface area contributed by atoms with Gasteiger partial charge < -0.3 is 4.74 Å². The van der Waals surface area contributed by atoms with Crippen LogP contribution in [0.1, 0.15) is 25.5 Å². The minimum Gasteiger partial charge on any atom is -0.351 e. The van der Waals surface area contributed by atoms with Gasteiger partial charge in [-0.15, -0.1) is 0 Å². The van der Waals surface area contributed by atoms with Gasteiger partial charge in [0.25, 0.3) is 0 Å². The standard InChI is InChI=1S/C11H16NOP/c1-11(2)12(14)8-10(13-11)9-6-4-3-5-7-9/h3-7,10H,8,14H2,1-2H3. The lowest BCUT2D eigenvalue weighted by Crippen LogP contribution is -2.31. The molecule has 0 N–H and O–H groups in total. The van der Waals surface area contributed by atoms with Gasteiger partial charge in [0.1, 0.15) is 5.72 Å². The third kappa shape index (κ3) is 1.83. The Morgan fingerprint density at radius 3 is 2.50 bits per heavy atom. The molecule has 76 valence electrons. The first-order valence-corrected chi connectivity index (χ1v) is 5.36. The Bertz CT molecular complexity index is 312. The average Bonchev–Trinajstić information content (AvgIpc) is 2.43. The van der Waals surface area contributed by atoms with E-state index in [-0.39, 0.29) is 11.8 Å². The molecule has 1 fully saturated rings. The Balaban J connectivity index is 2.17. The van der Waals surface area contributed by atoms with Gasteiger partial charge in [0.05, 0.1) is 6.10 Å².